The minimum Gasteiger partial charge on any atom is -0.361 e. The van der Waals surface area contributed by atoms with Crippen LogP contribution in [0.25, 0.3) is 10.9 Å². The Kier molecular flexibility index (Phi) is 2.86. The van der Waals surface area contributed by atoms with Crippen molar-refractivity contribution in [3.8, 4) is 0 Å². The number of nitrogens with one attached hydrogen (secondary N) is 2. The molecule has 2 N–H and O–H groups in total. The topological polar surface area (TPSA) is 44.9 Å². The second-order valence-electron chi connectivity index (χ2n) is 4.97. The number of fused-ring (bicyclic) bond motifs is 1. The highest BCUT2D eigenvalue weighted by molar-refractivity contribution is 6.31. The number of amides is 1. The summed E-state index contributed by atoms with van der Waals surface area (Å²) in [7, 11) is 0. The van der Waals surface area contributed by atoms with Gasteiger partial charge in [-0.3, -0.25) is 4.79 Å². The molecule has 98 valence electrons. The summed E-state index contributed by atoms with van der Waals surface area (Å²) in [5, 5.41) is 4.63. The Labute approximate surface area is 116 Å². The number of aromatic amines is 1. The van der Waals surface area contributed by atoms with Gasteiger partial charge in [-0.1, -0.05) is 17.7 Å². The van der Waals surface area contributed by atoms with E-state index in [1.165, 1.54) is 0 Å². The molecule has 0 saturated heterocycles. The van der Waals surface area contributed by atoms with Crippen molar-refractivity contribution in [2.75, 3.05) is 6.54 Å². The van der Waals surface area contributed by atoms with Gasteiger partial charge >= 0.3 is 0 Å². The van der Waals surface area contributed by atoms with Crippen LogP contribution >= 0.6 is 11.6 Å². The second-order valence-corrected chi connectivity index (χ2v) is 5.41. The molecule has 0 unspecified atom stereocenters. The highest BCUT2D eigenvalue weighted by Crippen LogP contribution is 2.50. The molecule has 0 radical (unpaired) electrons. The van der Waals surface area contributed by atoms with Gasteiger partial charge in [0.05, 0.1) is 5.41 Å². The minimum atomic E-state index is -0.383. The maximum Gasteiger partial charge on any atom is 0.230 e. The standard InChI is InChI=1S/C15H15ClN2O/c1-2-7-17-14(19)15(5-6-15)12-9-18-13-4-3-10(16)8-11(12)13/h2-4,8-9,18H,1,5-7H2,(H,17,19). The molecular formula is C15H15ClN2O. The molecule has 1 aliphatic rings. The molecule has 2 aromatic rings. The van der Waals surface area contributed by atoms with E-state index >= 15 is 0 Å². The summed E-state index contributed by atoms with van der Waals surface area (Å²) in [6.07, 6.45) is 5.40. The maximum absolute atomic E-state index is 12.3. The third kappa shape index (κ3) is 1.94. The van der Waals surface area contributed by atoms with E-state index in [-0.39, 0.29) is 11.3 Å². The molecule has 1 aliphatic carbocycles. The first kappa shape index (κ1) is 12.3. The average Bonchev–Trinajstić information content (AvgIpc) is 3.11. The lowest BCUT2D eigenvalue weighted by molar-refractivity contribution is -0.123. The summed E-state index contributed by atoms with van der Waals surface area (Å²) in [5.41, 5.74) is 1.68. The van der Waals surface area contributed by atoms with Crippen molar-refractivity contribution in [1.29, 1.82) is 0 Å². The Hall–Kier alpha value is -1.74. The number of benzene rings is 1. The molecule has 1 fully saturated rings. The zero-order valence-corrected chi connectivity index (χ0v) is 11.3. The van der Waals surface area contributed by atoms with Gasteiger partial charge in [0.1, 0.15) is 0 Å². The number of halogens is 1. The average molecular weight is 275 g/mol. The number of aromatic nitrogens is 1. The quantitative estimate of drug-likeness (QED) is 0.827. The summed E-state index contributed by atoms with van der Waals surface area (Å²) in [6, 6.07) is 5.71. The Bertz CT molecular complexity index is 655. The molecule has 0 spiro atoms. The van der Waals surface area contributed by atoms with Crippen LogP contribution in [0.1, 0.15) is 18.4 Å². The van der Waals surface area contributed by atoms with Gasteiger partial charge in [-0.25, -0.2) is 0 Å². The van der Waals surface area contributed by atoms with Gasteiger partial charge in [0.2, 0.25) is 5.91 Å². The van der Waals surface area contributed by atoms with Crippen LogP contribution in [0.3, 0.4) is 0 Å². The molecule has 0 aliphatic heterocycles. The Morgan fingerprint density at radius 2 is 2.32 bits per heavy atom. The molecule has 19 heavy (non-hydrogen) atoms. The van der Waals surface area contributed by atoms with Crippen molar-refractivity contribution < 1.29 is 4.79 Å². The highest BCUT2D eigenvalue weighted by atomic mass is 35.5. The van der Waals surface area contributed by atoms with Gasteiger partial charge in [0.25, 0.3) is 0 Å². The van der Waals surface area contributed by atoms with Gasteiger partial charge in [0, 0.05) is 28.7 Å². The van der Waals surface area contributed by atoms with Crippen molar-refractivity contribution in [3.05, 3.63) is 47.6 Å². The largest absolute Gasteiger partial charge is 0.361 e. The van der Waals surface area contributed by atoms with Crippen LogP contribution in [0, 0.1) is 0 Å². The first-order chi connectivity index (χ1) is 9.17. The van der Waals surface area contributed by atoms with E-state index in [2.05, 4.69) is 16.9 Å². The van der Waals surface area contributed by atoms with E-state index in [1.807, 2.05) is 24.4 Å². The van der Waals surface area contributed by atoms with Gasteiger partial charge < -0.3 is 10.3 Å². The zero-order valence-electron chi connectivity index (χ0n) is 10.5. The van der Waals surface area contributed by atoms with Gasteiger partial charge in [-0.15, -0.1) is 6.58 Å². The third-order valence-electron chi connectivity index (χ3n) is 3.75. The zero-order chi connectivity index (χ0) is 13.5. The second kappa shape index (κ2) is 4.42. The van der Waals surface area contributed by atoms with Crippen LogP contribution in [-0.2, 0) is 10.2 Å². The first-order valence-corrected chi connectivity index (χ1v) is 6.71. The molecule has 0 atom stereocenters. The lowest BCUT2D eigenvalue weighted by Gasteiger charge is -2.14. The molecule has 4 heteroatoms. The van der Waals surface area contributed by atoms with Crippen LogP contribution in [0.5, 0.6) is 0 Å². The fourth-order valence-corrected chi connectivity index (χ4v) is 2.74. The summed E-state index contributed by atoms with van der Waals surface area (Å²) < 4.78 is 0. The Balaban J connectivity index is 2.02. The number of hydrogen-bond acceptors (Lipinski definition) is 1. The molecule has 1 aromatic heterocycles. The van der Waals surface area contributed by atoms with Crippen molar-refractivity contribution in [1.82, 2.24) is 10.3 Å². The lowest BCUT2D eigenvalue weighted by atomic mass is 9.94. The molecule has 0 bridgehead atoms. The van der Waals surface area contributed by atoms with Crippen LogP contribution < -0.4 is 5.32 Å². The normalized spacial score (nSPS) is 16.3. The van der Waals surface area contributed by atoms with E-state index in [4.69, 9.17) is 11.6 Å². The summed E-state index contributed by atoms with van der Waals surface area (Å²) in [5.74, 6) is 0.0771. The van der Waals surface area contributed by atoms with E-state index in [9.17, 15) is 4.79 Å². The van der Waals surface area contributed by atoms with E-state index in [0.717, 1.165) is 29.3 Å². The predicted octanol–water partition coefficient (Wildman–Crippen LogP) is 3.16. The molecule has 3 nitrogen and oxygen atoms in total. The minimum absolute atomic E-state index is 0.0771. The SMILES string of the molecule is C=CCNC(=O)C1(c2c[nH]c3ccc(Cl)cc23)CC1. The van der Waals surface area contributed by atoms with Crippen molar-refractivity contribution >= 4 is 28.4 Å². The van der Waals surface area contributed by atoms with Crippen LogP contribution in [0.15, 0.2) is 37.1 Å². The molecule has 3 rings (SSSR count). The van der Waals surface area contributed by atoms with Gasteiger partial charge in [0.15, 0.2) is 0 Å². The predicted molar refractivity (Wildman–Crippen MR) is 77.4 cm³/mol. The molecule has 1 saturated carbocycles. The van der Waals surface area contributed by atoms with E-state index in [0.29, 0.717) is 11.6 Å². The van der Waals surface area contributed by atoms with E-state index in [1.54, 1.807) is 6.08 Å². The van der Waals surface area contributed by atoms with Crippen LogP contribution in [-0.4, -0.2) is 17.4 Å². The summed E-state index contributed by atoms with van der Waals surface area (Å²) in [4.78, 5) is 15.5. The van der Waals surface area contributed by atoms with E-state index < -0.39 is 0 Å². The number of carbonyl (C=O) groups is 1. The van der Waals surface area contributed by atoms with Crippen LogP contribution in [0.2, 0.25) is 5.02 Å². The summed E-state index contributed by atoms with van der Waals surface area (Å²) >= 11 is 6.05. The maximum atomic E-state index is 12.3. The van der Waals surface area contributed by atoms with Gasteiger partial charge in [-0.2, -0.15) is 0 Å². The van der Waals surface area contributed by atoms with Crippen molar-refractivity contribution in [2.45, 2.75) is 18.3 Å². The fourth-order valence-electron chi connectivity index (χ4n) is 2.57. The molecular weight excluding hydrogens is 260 g/mol. The number of hydrogen-bond donors (Lipinski definition) is 2. The van der Waals surface area contributed by atoms with Gasteiger partial charge in [-0.05, 0) is 36.6 Å². The lowest BCUT2D eigenvalue weighted by Crippen LogP contribution is -2.34. The molecule has 1 aromatic carbocycles. The molecule has 1 amide bonds. The number of rotatable bonds is 4. The fraction of sp³-hybridized carbons (Fsp3) is 0.267. The third-order valence-corrected chi connectivity index (χ3v) is 3.99. The van der Waals surface area contributed by atoms with Crippen LogP contribution in [0.4, 0.5) is 0 Å². The number of carbonyl (C=O) groups excluding carboxylic acids is 1. The van der Waals surface area contributed by atoms with Crippen molar-refractivity contribution in [2.24, 2.45) is 0 Å². The van der Waals surface area contributed by atoms with Crippen molar-refractivity contribution in [3.63, 3.8) is 0 Å². The number of H-pyrrole nitrogens is 1. The smallest absolute Gasteiger partial charge is 0.230 e. The Morgan fingerprint density at radius 1 is 1.53 bits per heavy atom. The first-order valence-electron chi connectivity index (χ1n) is 6.34. The Morgan fingerprint density at radius 3 is 3.00 bits per heavy atom. The monoisotopic (exact) mass is 274 g/mol. The highest BCUT2D eigenvalue weighted by Gasteiger charge is 2.52. The summed E-state index contributed by atoms with van der Waals surface area (Å²) in [6.45, 7) is 4.12. The molecule has 1 heterocycles.